The molecule has 0 aromatic heterocycles. The highest BCUT2D eigenvalue weighted by atomic mass is 35.5. The molecule has 4 heteroatoms. The van der Waals surface area contributed by atoms with Gasteiger partial charge in [0.25, 0.3) is 0 Å². The van der Waals surface area contributed by atoms with Crippen LogP contribution in [0.2, 0.25) is 10.0 Å². The molecule has 88 valence electrons. The monoisotopic (exact) mass is 258 g/mol. The van der Waals surface area contributed by atoms with Crippen molar-refractivity contribution in [1.29, 1.82) is 0 Å². The average Bonchev–Trinajstić information content (AvgIpc) is 2.51. The van der Waals surface area contributed by atoms with E-state index in [-0.39, 0.29) is 0 Å². The molecule has 0 saturated carbocycles. The van der Waals surface area contributed by atoms with Gasteiger partial charge in [-0.05, 0) is 50.6 Å². The molecule has 1 fully saturated rings. The molecule has 1 aliphatic rings. The molecular weight excluding hydrogens is 243 g/mol. The molecule has 2 N–H and O–H groups in total. The zero-order valence-corrected chi connectivity index (χ0v) is 10.6. The van der Waals surface area contributed by atoms with Gasteiger partial charge in [0.1, 0.15) is 0 Å². The second-order valence-corrected chi connectivity index (χ2v) is 4.99. The lowest BCUT2D eigenvalue weighted by Crippen LogP contribution is -2.21. The summed E-state index contributed by atoms with van der Waals surface area (Å²) in [4.78, 5) is 0. The predicted octanol–water partition coefficient (Wildman–Crippen LogP) is 3.55. The van der Waals surface area contributed by atoms with Gasteiger partial charge in [0, 0.05) is 11.1 Å². The third-order valence-corrected chi connectivity index (χ3v) is 3.41. The lowest BCUT2D eigenvalue weighted by molar-refractivity contribution is 0.637. The molecule has 0 amide bonds. The predicted molar refractivity (Wildman–Crippen MR) is 70.6 cm³/mol. The maximum Gasteiger partial charge on any atom is 0.0652 e. The molecule has 1 saturated heterocycles. The van der Waals surface area contributed by atoms with Crippen molar-refractivity contribution in [3.63, 3.8) is 0 Å². The summed E-state index contributed by atoms with van der Waals surface area (Å²) >= 11 is 12.0. The van der Waals surface area contributed by atoms with Crippen molar-refractivity contribution in [2.45, 2.75) is 25.3 Å². The van der Waals surface area contributed by atoms with Gasteiger partial charge in [-0.25, -0.2) is 0 Å². The second-order valence-electron chi connectivity index (χ2n) is 4.15. The maximum absolute atomic E-state index is 6.13. The molecule has 1 aromatic carbocycles. The van der Waals surface area contributed by atoms with Crippen LogP contribution >= 0.6 is 23.2 Å². The van der Waals surface area contributed by atoms with Crippen LogP contribution in [0.1, 0.15) is 19.3 Å². The summed E-state index contributed by atoms with van der Waals surface area (Å²) in [7, 11) is 0. The van der Waals surface area contributed by atoms with E-state index in [0.717, 1.165) is 25.2 Å². The summed E-state index contributed by atoms with van der Waals surface area (Å²) < 4.78 is 0. The number of nitrogens with one attached hydrogen (secondary N) is 2. The topological polar surface area (TPSA) is 24.1 Å². The Morgan fingerprint density at radius 3 is 2.88 bits per heavy atom. The van der Waals surface area contributed by atoms with Crippen LogP contribution in [0.25, 0.3) is 0 Å². The first-order valence-electron chi connectivity index (χ1n) is 5.68. The van der Waals surface area contributed by atoms with Crippen LogP contribution in [0.5, 0.6) is 0 Å². The van der Waals surface area contributed by atoms with Gasteiger partial charge in [0.05, 0.1) is 10.7 Å². The number of benzene rings is 1. The van der Waals surface area contributed by atoms with E-state index >= 15 is 0 Å². The van der Waals surface area contributed by atoms with Crippen LogP contribution in [0.15, 0.2) is 18.2 Å². The van der Waals surface area contributed by atoms with E-state index in [9.17, 15) is 0 Å². The largest absolute Gasteiger partial charge is 0.381 e. The number of halogens is 2. The molecule has 1 unspecified atom stereocenters. The summed E-state index contributed by atoms with van der Waals surface area (Å²) in [5.41, 5.74) is 0.984. The van der Waals surface area contributed by atoms with Gasteiger partial charge in [-0.15, -0.1) is 0 Å². The Bertz CT molecular complexity index is 347. The van der Waals surface area contributed by atoms with E-state index in [0.29, 0.717) is 16.1 Å². The lowest BCUT2D eigenvalue weighted by Gasteiger charge is -2.18. The SMILES string of the molecule is Clc1ccc(NC2CCCNCC2)c(Cl)c1. The van der Waals surface area contributed by atoms with Gasteiger partial charge < -0.3 is 10.6 Å². The van der Waals surface area contributed by atoms with Gasteiger partial charge >= 0.3 is 0 Å². The van der Waals surface area contributed by atoms with E-state index in [1.54, 1.807) is 6.07 Å². The van der Waals surface area contributed by atoms with E-state index in [1.807, 2.05) is 12.1 Å². The first-order chi connectivity index (χ1) is 7.75. The number of rotatable bonds is 2. The fraction of sp³-hybridized carbons (Fsp3) is 0.500. The van der Waals surface area contributed by atoms with Crippen molar-refractivity contribution in [3.8, 4) is 0 Å². The van der Waals surface area contributed by atoms with Crippen LogP contribution in [-0.2, 0) is 0 Å². The first-order valence-corrected chi connectivity index (χ1v) is 6.43. The van der Waals surface area contributed by atoms with Crippen LogP contribution in [-0.4, -0.2) is 19.1 Å². The molecule has 2 nitrogen and oxygen atoms in total. The molecule has 0 radical (unpaired) electrons. The number of hydrogen-bond acceptors (Lipinski definition) is 2. The van der Waals surface area contributed by atoms with Crippen molar-refractivity contribution < 1.29 is 0 Å². The summed E-state index contributed by atoms with van der Waals surface area (Å²) in [6, 6.07) is 6.10. The molecule has 1 aliphatic heterocycles. The molecule has 0 spiro atoms. The average molecular weight is 259 g/mol. The Morgan fingerprint density at radius 2 is 2.06 bits per heavy atom. The van der Waals surface area contributed by atoms with E-state index in [2.05, 4.69) is 10.6 Å². The van der Waals surface area contributed by atoms with Crippen LogP contribution in [0.4, 0.5) is 5.69 Å². The van der Waals surface area contributed by atoms with Crippen LogP contribution in [0.3, 0.4) is 0 Å². The van der Waals surface area contributed by atoms with Crippen LogP contribution in [0, 0.1) is 0 Å². The normalized spacial score (nSPS) is 21.5. The van der Waals surface area contributed by atoms with E-state index < -0.39 is 0 Å². The lowest BCUT2D eigenvalue weighted by atomic mass is 10.1. The molecule has 16 heavy (non-hydrogen) atoms. The minimum Gasteiger partial charge on any atom is -0.381 e. The fourth-order valence-corrected chi connectivity index (χ4v) is 2.45. The summed E-state index contributed by atoms with van der Waals surface area (Å²) in [5.74, 6) is 0. The third-order valence-electron chi connectivity index (χ3n) is 2.87. The molecule has 1 aromatic rings. The standard InChI is InChI=1S/C12H16Cl2N2/c13-9-3-4-12(11(14)8-9)16-10-2-1-6-15-7-5-10/h3-4,8,10,15-16H,1-2,5-7H2. The van der Waals surface area contributed by atoms with E-state index in [4.69, 9.17) is 23.2 Å². The Kier molecular flexibility index (Phi) is 4.33. The van der Waals surface area contributed by atoms with Gasteiger partial charge in [0.2, 0.25) is 0 Å². The Hall–Kier alpha value is -0.440. The highest BCUT2D eigenvalue weighted by molar-refractivity contribution is 6.36. The van der Waals surface area contributed by atoms with Crippen LogP contribution < -0.4 is 10.6 Å². The minimum absolute atomic E-state index is 0.508. The van der Waals surface area contributed by atoms with E-state index in [1.165, 1.54) is 12.8 Å². The van der Waals surface area contributed by atoms with Gasteiger partial charge in [-0.3, -0.25) is 0 Å². The minimum atomic E-state index is 0.508. The number of hydrogen-bond donors (Lipinski definition) is 2. The van der Waals surface area contributed by atoms with Crippen molar-refractivity contribution in [2.75, 3.05) is 18.4 Å². The fourth-order valence-electron chi connectivity index (χ4n) is 1.99. The van der Waals surface area contributed by atoms with Crippen molar-refractivity contribution in [2.24, 2.45) is 0 Å². The maximum atomic E-state index is 6.13. The molecule has 2 rings (SSSR count). The quantitative estimate of drug-likeness (QED) is 0.848. The summed E-state index contributed by atoms with van der Waals surface area (Å²) in [6.45, 7) is 2.19. The van der Waals surface area contributed by atoms with Gasteiger partial charge in [-0.1, -0.05) is 23.2 Å². The zero-order valence-electron chi connectivity index (χ0n) is 9.10. The third kappa shape index (κ3) is 3.27. The highest BCUT2D eigenvalue weighted by Crippen LogP contribution is 2.27. The van der Waals surface area contributed by atoms with Crippen molar-refractivity contribution in [1.82, 2.24) is 5.32 Å². The van der Waals surface area contributed by atoms with Crippen molar-refractivity contribution >= 4 is 28.9 Å². The molecule has 0 aliphatic carbocycles. The molecule has 1 heterocycles. The zero-order chi connectivity index (χ0) is 11.4. The van der Waals surface area contributed by atoms with Gasteiger partial charge in [0.15, 0.2) is 0 Å². The smallest absolute Gasteiger partial charge is 0.0652 e. The molecule has 0 bridgehead atoms. The Labute approximate surface area is 106 Å². The summed E-state index contributed by atoms with van der Waals surface area (Å²) in [6.07, 6.45) is 3.54. The summed E-state index contributed by atoms with van der Waals surface area (Å²) in [5, 5.41) is 8.26. The second kappa shape index (κ2) is 5.76. The molecule has 1 atom stereocenters. The number of anilines is 1. The van der Waals surface area contributed by atoms with Crippen molar-refractivity contribution in [3.05, 3.63) is 28.2 Å². The van der Waals surface area contributed by atoms with Gasteiger partial charge in [-0.2, -0.15) is 0 Å². The highest BCUT2D eigenvalue weighted by Gasteiger charge is 2.12. The Morgan fingerprint density at radius 1 is 1.19 bits per heavy atom. The molecular formula is C12H16Cl2N2. The first kappa shape index (κ1) is 12.0. The Balaban J connectivity index is 2.01.